The Bertz CT molecular complexity index is 257. The van der Waals surface area contributed by atoms with Crippen LogP contribution in [0.15, 0.2) is 0 Å². The van der Waals surface area contributed by atoms with E-state index < -0.39 is 0 Å². The Morgan fingerprint density at radius 1 is 1.28 bits per heavy atom. The summed E-state index contributed by atoms with van der Waals surface area (Å²) in [6.45, 7) is 6.76. The highest BCUT2D eigenvalue weighted by Crippen LogP contribution is 2.27. The van der Waals surface area contributed by atoms with E-state index in [0.29, 0.717) is 17.6 Å². The molecule has 1 atom stereocenters. The highest BCUT2D eigenvalue weighted by molar-refractivity contribution is 7.80. The second-order valence-electron chi connectivity index (χ2n) is 6.48. The third-order valence-corrected chi connectivity index (χ3v) is 3.56. The number of hydrogen-bond donors (Lipinski definition) is 3. The lowest BCUT2D eigenvalue weighted by Gasteiger charge is -2.26. The fraction of sp³-hybridized carbons (Fsp3) is 0.929. The van der Waals surface area contributed by atoms with E-state index in [-0.39, 0.29) is 11.6 Å². The van der Waals surface area contributed by atoms with Crippen LogP contribution in [0.2, 0.25) is 0 Å². The molecule has 0 amide bonds. The number of aliphatic hydroxyl groups is 1. The molecule has 0 radical (unpaired) electrons. The maximum absolute atomic E-state index is 10.00. The minimum atomic E-state index is -0.284. The van der Waals surface area contributed by atoms with Crippen LogP contribution in [-0.2, 0) is 0 Å². The molecule has 3 nitrogen and oxygen atoms in total. The van der Waals surface area contributed by atoms with Crippen LogP contribution >= 0.6 is 12.2 Å². The summed E-state index contributed by atoms with van der Waals surface area (Å²) >= 11 is 5.19. The van der Waals surface area contributed by atoms with Crippen molar-refractivity contribution in [2.45, 2.75) is 70.9 Å². The molecule has 0 aromatic rings. The van der Waals surface area contributed by atoms with Crippen molar-refractivity contribution < 1.29 is 5.11 Å². The summed E-state index contributed by atoms with van der Waals surface area (Å²) < 4.78 is 0. The summed E-state index contributed by atoms with van der Waals surface area (Å²) in [5, 5.41) is 16.9. The maximum Gasteiger partial charge on any atom is 0.166 e. The largest absolute Gasteiger partial charge is 0.391 e. The van der Waals surface area contributed by atoms with Crippen molar-refractivity contribution >= 4 is 17.3 Å². The van der Waals surface area contributed by atoms with Crippen LogP contribution in [0.1, 0.15) is 59.3 Å². The van der Waals surface area contributed by atoms with Gasteiger partial charge in [0.25, 0.3) is 0 Å². The first-order chi connectivity index (χ1) is 8.37. The van der Waals surface area contributed by atoms with Gasteiger partial charge in [0.05, 0.1) is 6.10 Å². The molecule has 106 valence electrons. The molecule has 1 aliphatic rings. The molecule has 0 heterocycles. The fourth-order valence-corrected chi connectivity index (χ4v) is 2.88. The van der Waals surface area contributed by atoms with Crippen molar-refractivity contribution in [3.63, 3.8) is 0 Å². The molecule has 18 heavy (non-hydrogen) atoms. The topological polar surface area (TPSA) is 44.3 Å². The van der Waals surface area contributed by atoms with E-state index in [1.807, 2.05) is 0 Å². The van der Waals surface area contributed by atoms with Crippen LogP contribution in [0.3, 0.4) is 0 Å². The molecule has 0 aliphatic heterocycles. The number of rotatable bonds is 4. The van der Waals surface area contributed by atoms with Gasteiger partial charge in [-0.2, -0.15) is 0 Å². The average Bonchev–Trinajstić information content (AvgIpc) is 2.25. The molecule has 1 aliphatic carbocycles. The van der Waals surface area contributed by atoms with Gasteiger partial charge in [-0.05, 0) is 45.3 Å². The predicted octanol–water partition coefficient (Wildman–Crippen LogP) is 2.58. The average molecular weight is 272 g/mol. The van der Waals surface area contributed by atoms with Crippen molar-refractivity contribution in [1.82, 2.24) is 10.6 Å². The second-order valence-corrected chi connectivity index (χ2v) is 6.89. The van der Waals surface area contributed by atoms with E-state index in [1.165, 1.54) is 32.1 Å². The van der Waals surface area contributed by atoms with E-state index in [9.17, 15) is 5.11 Å². The molecule has 0 aromatic carbocycles. The number of aliphatic hydroxyl groups excluding tert-OH is 1. The van der Waals surface area contributed by atoms with Gasteiger partial charge in [-0.3, -0.25) is 0 Å². The zero-order valence-electron chi connectivity index (χ0n) is 12.0. The lowest BCUT2D eigenvalue weighted by Crippen LogP contribution is -2.48. The molecule has 0 aromatic heterocycles. The summed E-state index contributed by atoms with van der Waals surface area (Å²) in [6.07, 6.45) is 7.20. The van der Waals surface area contributed by atoms with Crippen LogP contribution in [0.25, 0.3) is 0 Å². The van der Waals surface area contributed by atoms with Gasteiger partial charge >= 0.3 is 0 Å². The zero-order chi connectivity index (χ0) is 13.6. The lowest BCUT2D eigenvalue weighted by molar-refractivity contribution is 0.133. The number of hydrogen-bond acceptors (Lipinski definition) is 2. The minimum Gasteiger partial charge on any atom is -0.391 e. The molecular formula is C14H28N2OS. The first-order valence-electron chi connectivity index (χ1n) is 7.11. The molecule has 4 heteroatoms. The molecule has 3 N–H and O–H groups in total. The predicted molar refractivity (Wildman–Crippen MR) is 80.7 cm³/mol. The van der Waals surface area contributed by atoms with Crippen molar-refractivity contribution in [3.05, 3.63) is 0 Å². The smallest absolute Gasteiger partial charge is 0.166 e. The first-order valence-corrected chi connectivity index (χ1v) is 7.52. The number of thiocarbonyl (C=S) groups is 1. The summed E-state index contributed by atoms with van der Waals surface area (Å²) in [4.78, 5) is 0. The monoisotopic (exact) mass is 272 g/mol. The Balaban J connectivity index is 2.16. The van der Waals surface area contributed by atoms with Gasteiger partial charge < -0.3 is 15.7 Å². The van der Waals surface area contributed by atoms with Gasteiger partial charge in [0.1, 0.15) is 0 Å². The van der Waals surface area contributed by atoms with E-state index in [4.69, 9.17) is 12.2 Å². The quantitative estimate of drug-likeness (QED) is 0.688. The van der Waals surface area contributed by atoms with Crippen LogP contribution < -0.4 is 10.6 Å². The Morgan fingerprint density at radius 2 is 1.89 bits per heavy atom. The summed E-state index contributed by atoms with van der Waals surface area (Å²) in [6, 6.07) is 0. The van der Waals surface area contributed by atoms with Gasteiger partial charge in [0, 0.05) is 12.1 Å². The minimum absolute atomic E-state index is 0.0294. The zero-order valence-corrected chi connectivity index (χ0v) is 12.8. The van der Waals surface area contributed by atoms with Crippen LogP contribution in [0, 0.1) is 5.92 Å². The maximum atomic E-state index is 10.00. The van der Waals surface area contributed by atoms with Gasteiger partial charge in [-0.15, -0.1) is 0 Å². The van der Waals surface area contributed by atoms with E-state index >= 15 is 0 Å². The van der Waals surface area contributed by atoms with Gasteiger partial charge in [-0.1, -0.05) is 32.1 Å². The van der Waals surface area contributed by atoms with Crippen molar-refractivity contribution in [2.75, 3.05) is 6.54 Å². The SMILES string of the molecule is CC(C)(C)NC(=S)NCC(O)CC1CCCCC1. The van der Waals surface area contributed by atoms with E-state index in [0.717, 1.165) is 6.42 Å². The number of nitrogens with one attached hydrogen (secondary N) is 2. The Hall–Kier alpha value is -0.350. The summed E-state index contributed by atoms with van der Waals surface area (Å²) in [7, 11) is 0. The standard InChI is InChI=1S/C14H28N2OS/c1-14(2,3)16-13(18)15-10-12(17)9-11-7-5-4-6-8-11/h11-12,17H,4-10H2,1-3H3,(H2,15,16,18). The molecule has 0 bridgehead atoms. The highest BCUT2D eigenvalue weighted by Gasteiger charge is 2.18. The van der Waals surface area contributed by atoms with Gasteiger partial charge in [0.15, 0.2) is 5.11 Å². The molecule has 1 unspecified atom stereocenters. The third kappa shape index (κ3) is 7.17. The highest BCUT2D eigenvalue weighted by atomic mass is 32.1. The molecule has 1 fully saturated rings. The van der Waals surface area contributed by atoms with Crippen LogP contribution in [0.5, 0.6) is 0 Å². The van der Waals surface area contributed by atoms with E-state index in [2.05, 4.69) is 31.4 Å². The van der Waals surface area contributed by atoms with E-state index in [1.54, 1.807) is 0 Å². The van der Waals surface area contributed by atoms with Crippen molar-refractivity contribution in [2.24, 2.45) is 5.92 Å². The van der Waals surface area contributed by atoms with Gasteiger partial charge in [0.2, 0.25) is 0 Å². The third-order valence-electron chi connectivity index (χ3n) is 3.32. The van der Waals surface area contributed by atoms with Crippen LogP contribution in [-0.4, -0.2) is 28.4 Å². The Labute approximate surface area is 117 Å². The lowest BCUT2D eigenvalue weighted by atomic mass is 9.85. The molecule has 0 spiro atoms. The normalized spacial score (nSPS) is 19.3. The van der Waals surface area contributed by atoms with Crippen LogP contribution in [0.4, 0.5) is 0 Å². The first kappa shape index (κ1) is 15.7. The molecule has 0 saturated heterocycles. The molecule has 1 saturated carbocycles. The molecular weight excluding hydrogens is 244 g/mol. The second kappa shape index (κ2) is 7.29. The van der Waals surface area contributed by atoms with Gasteiger partial charge in [-0.25, -0.2) is 0 Å². The van der Waals surface area contributed by atoms with Crippen molar-refractivity contribution in [3.8, 4) is 0 Å². The molecule has 1 rings (SSSR count). The Kier molecular flexibility index (Phi) is 6.36. The summed E-state index contributed by atoms with van der Waals surface area (Å²) in [5.74, 6) is 0.708. The Morgan fingerprint density at radius 3 is 2.44 bits per heavy atom. The summed E-state index contributed by atoms with van der Waals surface area (Å²) in [5.41, 5.74) is -0.0294. The fourth-order valence-electron chi connectivity index (χ4n) is 2.49. The van der Waals surface area contributed by atoms with Crippen molar-refractivity contribution in [1.29, 1.82) is 0 Å².